The van der Waals surface area contributed by atoms with Crippen LogP contribution in [0.1, 0.15) is 36.6 Å². The standard InChI is InChI=1S/C25H23F2N5O2S/c1-24(21-11-25(21,35-23(28)31-24)22(34)32-8-7-16(33)13-32)17-9-14(3-5-18(17)26)10-19(27)20-6-4-15(29-2)12-30-20/h3-6,9-10,12,16,21,33H,7-8,11,13H2,1H3,(H2,28,31)/b19-10-/t16-,21-,24+,25-/m0/s1. The number of nitrogens with zero attached hydrogens (tertiary/aromatic N) is 4. The van der Waals surface area contributed by atoms with Crippen LogP contribution >= 0.6 is 11.8 Å². The molecule has 3 N–H and O–H groups in total. The SMILES string of the molecule is [C-]#[N+]c1ccc(/C(F)=C/c2ccc(F)c([C@@]3(C)N=C(N)S[C@@]4(C(=O)N5CC[C@H](O)C5)C[C@H]43)c2)nc1. The minimum atomic E-state index is -1.11. The van der Waals surface area contributed by atoms with Crippen molar-refractivity contribution in [1.29, 1.82) is 0 Å². The van der Waals surface area contributed by atoms with Crippen molar-refractivity contribution < 1.29 is 18.7 Å². The lowest BCUT2D eigenvalue weighted by Gasteiger charge is -2.35. The van der Waals surface area contributed by atoms with Gasteiger partial charge in [-0.25, -0.2) is 13.6 Å². The number of rotatable bonds is 4. The molecule has 0 radical (unpaired) electrons. The summed E-state index contributed by atoms with van der Waals surface area (Å²) >= 11 is 1.21. The Hall–Kier alpha value is -3.29. The van der Waals surface area contributed by atoms with Crippen molar-refractivity contribution in [2.75, 3.05) is 13.1 Å². The third-order valence-corrected chi connectivity index (χ3v) is 8.27. The lowest BCUT2D eigenvalue weighted by molar-refractivity contribution is -0.131. The van der Waals surface area contributed by atoms with Gasteiger partial charge < -0.3 is 15.7 Å². The third kappa shape index (κ3) is 3.98. The molecule has 5 rings (SSSR count). The maximum absolute atomic E-state index is 15.1. The zero-order valence-corrected chi connectivity index (χ0v) is 19.7. The second-order valence-electron chi connectivity index (χ2n) is 9.28. The Morgan fingerprint density at radius 2 is 2.20 bits per heavy atom. The number of pyridine rings is 1. The molecule has 3 heterocycles. The molecular weight excluding hydrogens is 472 g/mol. The summed E-state index contributed by atoms with van der Waals surface area (Å²) < 4.78 is 29.1. The van der Waals surface area contributed by atoms with E-state index in [0.717, 1.165) is 0 Å². The van der Waals surface area contributed by atoms with Crippen LogP contribution in [-0.4, -0.2) is 50.0 Å². The molecule has 0 unspecified atom stereocenters. The van der Waals surface area contributed by atoms with Gasteiger partial charge in [0.2, 0.25) is 11.6 Å². The monoisotopic (exact) mass is 495 g/mol. The van der Waals surface area contributed by atoms with Gasteiger partial charge in [-0.2, -0.15) is 0 Å². The lowest BCUT2D eigenvalue weighted by atomic mass is 9.84. The van der Waals surface area contributed by atoms with Crippen LogP contribution in [-0.2, 0) is 10.3 Å². The number of halogens is 2. The van der Waals surface area contributed by atoms with E-state index in [-0.39, 0.29) is 34.8 Å². The molecule has 2 aliphatic heterocycles. The van der Waals surface area contributed by atoms with Crippen LogP contribution in [0.5, 0.6) is 0 Å². The minimum absolute atomic E-state index is 0.0606. The summed E-state index contributed by atoms with van der Waals surface area (Å²) in [5, 5.41) is 10.1. The topological polar surface area (TPSA) is 96.2 Å². The van der Waals surface area contributed by atoms with Crippen LogP contribution in [0.2, 0.25) is 0 Å². The molecule has 1 aromatic heterocycles. The second kappa shape index (κ2) is 8.43. The molecule has 1 saturated heterocycles. The molecule has 4 atom stereocenters. The van der Waals surface area contributed by atoms with Crippen LogP contribution in [0.3, 0.4) is 0 Å². The van der Waals surface area contributed by atoms with E-state index in [1.54, 1.807) is 11.8 Å². The number of aliphatic hydroxyl groups is 1. The first-order valence-electron chi connectivity index (χ1n) is 11.2. The van der Waals surface area contributed by atoms with Crippen LogP contribution < -0.4 is 5.73 Å². The number of aliphatic hydroxyl groups excluding tert-OH is 1. The Morgan fingerprint density at radius 1 is 1.40 bits per heavy atom. The molecule has 3 aliphatic rings. The smallest absolute Gasteiger partial charge is 0.239 e. The average Bonchev–Trinajstić information content (AvgIpc) is 3.44. The summed E-state index contributed by atoms with van der Waals surface area (Å²) in [6, 6.07) is 7.12. The number of likely N-dealkylation sites (tertiary alicyclic amines) is 1. The highest BCUT2D eigenvalue weighted by atomic mass is 32.2. The molecule has 1 aliphatic carbocycles. The first-order chi connectivity index (χ1) is 16.7. The molecule has 1 amide bonds. The maximum atomic E-state index is 15.1. The highest BCUT2D eigenvalue weighted by molar-refractivity contribution is 8.15. The second-order valence-corrected chi connectivity index (χ2v) is 10.6. The normalized spacial score (nSPS) is 29.9. The number of carbonyl (C=O) groups excluding carboxylic acids is 1. The van der Waals surface area contributed by atoms with Crippen molar-refractivity contribution in [3.8, 4) is 0 Å². The molecule has 35 heavy (non-hydrogen) atoms. The van der Waals surface area contributed by atoms with Crippen LogP contribution in [0.25, 0.3) is 16.7 Å². The van der Waals surface area contributed by atoms with Crippen molar-refractivity contribution in [1.82, 2.24) is 9.88 Å². The summed E-state index contributed by atoms with van der Waals surface area (Å²) in [7, 11) is 0. The highest BCUT2D eigenvalue weighted by Crippen LogP contribution is 2.66. The van der Waals surface area contributed by atoms with E-state index < -0.39 is 28.0 Å². The fourth-order valence-electron chi connectivity index (χ4n) is 5.08. The first-order valence-corrected chi connectivity index (χ1v) is 12.0. The van der Waals surface area contributed by atoms with Gasteiger partial charge in [0.05, 0.1) is 23.9 Å². The quantitative estimate of drug-likeness (QED) is 0.628. The molecule has 2 fully saturated rings. The predicted octanol–water partition coefficient (Wildman–Crippen LogP) is 3.87. The van der Waals surface area contributed by atoms with E-state index in [4.69, 9.17) is 12.3 Å². The summed E-state index contributed by atoms with van der Waals surface area (Å²) in [5.74, 6) is -1.55. The Balaban J connectivity index is 1.47. The zero-order valence-electron chi connectivity index (χ0n) is 18.9. The van der Waals surface area contributed by atoms with Crippen molar-refractivity contribution in [3.05, 3.63) is 70.6 Å². The number of hydrogen-bond acceptors (Lipinski definition) is 6. The van der Waals surface area contributed by atoms with Crippen LogP contribution in [0.15, 0.2) is 41.5 Å². The summed E-state index contributed by atoms with van der Waals surface area (Å²) in [6.45, 7) is 9.48. The van der Waals surface area contributed by atoms with Gasteiger partial charge in [-0.15, -0.1) is 0 Å². The number of hydrogen-bond donors (Lipinski definition) is 2. The van der Waals surface area contributed by atoms with E-state index >= 15 is 4.39 Å². The number of amides is 1. The largest absolute Gasteiger partial charge is 0.391 e. The Kier molecular flexibility index (Phi) is 5.65. The summed E-state index contributed by atoms with van der Waals surface area (Å²) in [5.41, 5.74) is 6.05. The average molecular weight is 496 g/mol. The molecule has 1 aromatic carbocycles. The molecule has 10 heteroatoms. The number of carbonyl (C=O) groups is 1. The van der Waals surface area contributed by atoms with Gasteiger partial charge in [0.25, 0.3) is 0 Å². The van der Waals surface area contributed by atoms with E-state index in [0.29, 0.717) is 30.6 Å². The molecule has 2 aromatic rings. The molecule has 7 nitrogen and oxygen atoms in total. The van der Waals surface area contributed by atoms with Gasteiger partial charge >= 0.3 is 0 Å². The van der Waals surface area contributed by atoms with Crippen LogP contribution in [0, 0.1) is 18.3 Å². The number of nitrogens with two attached hydrogens (primary N) is 1. The molecule has 1 saturated carbocycles. The number of benzene rings is 1. The lowest BCUT2D eigenvalue weighted by Crippen LogP contribution is -2.45. The van der Waals surface area contributed by atoms with E-state index in [2.05, 4.69) is 14.8 Å². The van der Waals surface area contributed by atoms with Crippen molar-refractivity contribution in [2.45, 2.75) is 36.2 Å². The van der Waals surface area contributed by atoms with Crippen molar-refractivity contribution in [3.63, 3.8) is 0 Å². The van der Waals surface area contributed by atoms with Gasteiger partial charge in [-0.05, 0) is 49.6 Å². The number of amidine groups is 1. The third-order valence-electron chi connectivity index (χ3n) is 6.98. The van der Waals surface area contributed by atoms with Crippen molar-refractivity contribution >= 4 is 40.4 Å². The number of aromatic nitrogens is 1. The maximum Gasteiger partial charge on any atom is 0.239 e. The highest BCUT2D eigenvalue weighted by Gasteiger charge is 2.71. The van der Waals surface area contributed by atoms with Gasteiger partial charge in [0.15, 0.2) is 5.17 Å². The fraction of sp³-hybridized carbons (Fsp3) is 0.360. The summed E-state index contributed by atoms with van der Waals surface area (Å²) in [4.78, 5) is 26.8. The Labute approximate surface area is 205 Å². The summed E-state index contributed by atoms with van der Waals surface area (Å²) in [6.07, 6.45) is 3.00. The first kappa shape index (κ1) is 23.5. The fourth-order valence-corrected chi connectivity index (χ4v) is 6.53. The van der Waals surface area contributed by atoms with E-state index in [1.165, 1.54) is 54.4 Å². The molecular formula is C25H23F2N5O2S. The van der Waals surface area contributed by atoms with Gasteiger partial charge in [0.1, 0.15) is 16.4 Å². The van der Waals surface area contributed by atoms with Gasteiger partial charge in [-0.1, -0.05) is 23.9 Å². The zero-order chi connectivity index (χ0) is 25.0. The molecule has 180 valence electrons. The number of fused-ring (bicyclic) bond motifs is 1. The van der Waals surface area contributed by atoms with Crippen molar-refractivity contribution in [2.24, 2.45) is 16.6 Å². The number of aliphatic imine (C=N–C) groups is 1. The predicted molar refractivity (Wildman–Crippen MR) is 130 cm³/mol. The Morgan fingerprint density at radius 3 is 2.86 bits per heavy atom. The number of β-amino-alcohol motifs (C(OH)–C–C–N with tert-alkyl or cyclic N) is 1. The minimum Gasteiger partial charge on any atom is -0.391 e. The van der Waals surface area contributed by atoms with Gasteiger partial charge in [-0.3, -0.25) is 14.8 Å². The number of thioether (sulfide) groups is 1. The Bertz CT molecular complexity index is 1310. The van der Waals surface area contributed by atoms with Crippen LogP contribution in [0.4, 0.5) is 14.5 Å². The van der Waals surface area contributed by atoms with E-state index in [9.17, 15) is 14.3 Å². The van der Waals surface area contributed by atoms with Gasteiger partial charge in [0, 0.05) is 30.8 Å². The van der Waals surface area contributed by atoms with E-state index in [1.807, 2.05) is 0 Å². The molecule has 0 spiro atoms. The molecule has 0 bridgehead atoms.